The van der Waals surface area contributed by atoms with Gasteiger partial charge in [-0.1, -0.05) is 48.0 Å². The molecule has 4 atom stereocenters. The largest absolute Gasteiger partial charge is 0.459 e. The molecular formula is C25H22ClN5O6. The first-order valence-corrected chi connectivity index (χ1v) is 11.6. The highest BCUT2D eigenvalue weighted by Gasteiger charge is 2.57. The molecule has 1 aliphatic rings. The second kappa shape index (κ2) is 9.77. The number of nitrogens with zero attached hydrogens (tertiary/aromatic N) is 4. The number of carbonyl (C=O) groups is 2. The SMILES string of the molecule is C[C@@]1(O)[C@H](OC(=O)c2ccccc2)[C@@H](COC(=O)c2ccccc2)O[C@H]1n1cnc2c(Cl)nc(N)nc21. The van der Waals surface area contributed by atoms with Crippen molar-refractivity contribution in [3.05, 3.63) is 83.3 Å². The number of nitrogens with two attached hydrogens (primary N) is 1. The van der Waals surface area contributed by atoms with Gasteiger partial charge in [0, 0.05) is 0 Å². The molecule has 0 bridgehead atoms. The van der Waals surface area contributed by atoms with Crippen molar-refractivity contribution >= 4 is 40.7 Å². The Bertz CT molecular complexity index is 1450. The van der Waals surface area contributed by atoms with Crippen LogP contribution < -0.4 is 5.73 Å². The summed E-state index contributed by atoms with van der Waals surface area (Å²) in [6.45, 7) is 1.13. The van der Waals surface area contributed by atoms with E-state index < -0.39 is 36.0 Å². The van der Waals surface area contributed by atoms with Crippen molar-refractivity contribution in [3.8, 4) is 0 Å². The number of hydrogen-bond acceptors (Lipinski definition) is 10. The molecule has 11 nitrogen and oxygen atoms in total. The predicted molar refractivity (Wildman–Crippen MR) is 132 cm³/mol. The van der Waals surface area contributed by atoms with Gasteiger partial charge in [-0.2, -0.15) is 9.97 Å². The number of carbonyl (C=O) groups excluding carboxylic acids is 2. The number of nitrogen functional groups attached to an aromatic ring is 1. The molecule has 4 aromatic rings. The van der Waals surface area contributed by atoms with Crippen LogP contribution in [0.4, 0.5) is 5.95 Å². The van der Waals surface area contributed by atoms with E-state index in [0.717, 1.165) is 0 Å². The number of fused-ring (bicyclic) bond motifs is 1. The molecule has 0 unspecified atom stereocenters. The summed E-state index contributed by atoms with van der Waals surface area (Å²) in [5.41, 5.74) is 5.02. The van der Waals surface area contributed by atoms with E-state index in [1.54, 1.807) is 60.7 Å². The zero-order chi connectivity index (χ0) is 26.2. The third-order valence-electron chi connectivity index (χ3n) is 6.00. The van der Waals surface area contributed by atoms with Crippen molar-refractivity contribution in [2.24, 2.45) is 0 Å². The van der Waals surface area contributed by atoms with E-state index in [9.17, 15) is 14.7 Å². The smallest absolute Gasteiger partial charge is 0.338 e. The third kappa shape index (κ3) is 4.71. The highest BCUT2D eigenvalue weighted by molar-refractivity contribution is 6.33. The fourth-order valence-corrected chi connectivity index (χ4v) is 4.42. The van der Waals surface area contributed by atoms with Crippen LogP contribution in [0, 0.1) is 0 Å². The monoisotopic (exact) mass is 523 g/mol. The van der Waals surface area contributed by atoms with Gasteiger partial charge in [0.05, 0.1) is 17.5 Å². The molecule has 0 amide bonds. The van der Waals surface area contributed by atoms with Gasteiger partial charge in [-0.25, -0.2) is 14.6 Å². The maximum absolute atomic E-state index is 12.9. The zero-order valence-electron chi connectivity index (χ0n) is 19.5. The minimum atomic E-state index is -1.81. The van der Waals surface area contributed by atoms with E-state index in [1.165, 1.54) is 17.8 Å². The van der Waals surface area contributed by atoms with Crippen molar-refractivity contribution in [3.63, 3.8) is 0 Å². The van der Waals surface area contributed by atoms with Crippen molar-refractivity contribution in [1.82, 2.24) is 19.5 Å². The number of aliphatic hydroxyl groups is 1. The fourth-order valence-electron chi connectivity index (χ4n) is 4.20. The van der Waals surface area contributed by atoms with Crippen LogP contribution in [0.5, 0.6) is 0 Å². The molecule has 190 valence electrons. The number of hydrogen-bond donors (Lipinski definition) is 2. The maximum atomic E-state index is 12.9. The maximum Gasteiger partial charge on any atom is 0.338 e. The molecule has 1 fully saturated rings. The molecule has 0 saturated carbocycles. The standard InChI is InChI=1S/C25H22ClN5O6/c1-25(34)18(37-22(33)15-10-6-3-7-11-15)16(12-35-21(32)14-8-4-2-5-9-14)36-23(25)31-13-28-17-19(26)29-24(27)30-20(17)31/h2-11,13,16,18,23,34H,12H2,1H3,(H2,27,29,30)/t16-,18-,23-,25-/m1/s1. The summed E-state index contributed by atoms with van der Waals surface area (Å²) in [4.78, 5) is 37.8. The number of benzene rings is 2. The minimum absolute atomic E-state index is 0.0271. The molecular weight excluding hydrogens is 502 g/mol. The lowest BCUT2D eigenvalue weighted by Gasteiger charge is -2.30. The number of rotatable bonds is 6. The Morgan fingerprint density at radius 3 is 2.35 bits per heavy atom. The Hall–Kier alpha value is -4.06. The Balaban J connectivity index is 1.47. The third-order valence-corrected chi connectivity index (χ3v) is 6.26. The first kappa shape index (κ1) is 24.6. The molecule has 2 aromatic carbocycles. The Morgan fingerprint density at radius 2 is 1.70 bits per heavy atom. The van der Waals surface area contributed by atoms with Crippen LogP contribution in [-0.2, 0) is 14.2 Å². The van der Waals surface area contributed by atoms with E-state index in [1.807, 2.05) is 0 Å². The van der Waals surface area contributed by atoms with Gasteiger partial charge in [-0.15, -0.1) is 0 Å². The van der Waals surface area contributed by atoms with Crippen molar-refractivity contribution < 1.29 is 28.9 Å². The molecule has 0 radical (unpaired) electrons. The molecule has 5 rings (SSSR count). The van der Waals surface area contributed by atoms with E-state index in [4.69, 9.17) is 31.5 Å². The van der Waals surface area contributed by atoms with E-state index in [2.05, 4.69) is 15.0 Å². The number of imidazole rings is 1. The van der Waals surface area contributed by atoms with Gasteiger partial charge in [-0.05, 0) is 31.2 Å². The molecule has 0 aliphatic carbocycles. The molecule has 1 aliphatic heterocycles. The molecule has 12 heteroatoms. The van der Waals surface area contributed by atoms with Gasteiger partial charge in [0.1, 0.15) is 23.8 Å². The minimum Gasteiger partial charge on any atom is -0.459 e. The lowest BCUT2D eigenvalue weighted by Crippen LogP contribution is -2.47. The average molecular weight is 524 g/mol. The Labute approximate surface area is 215 Å². The lowest BCUT2D eigenvalue weighted by atomic mass is 9.96. The molecule has 3 heterocycles. The zero-order valence-corrected chi connectivity index (χ0v) is 20.3. The van der Waals surface area contributed by atoms with Gasteiger partial charge < -0.3 is 25.1 Å². The predicted octanol–water partition coefficient (Wildman–Crippen LogP) is 2.79. The van der Waals surface area contributed by atoms with Crippen molar-refractivity contribution in [2.75, 3.05) is 12.3 Å². The Morgan fingerprint density at radius 1 is 1.08 bits per heavy atom. The first-order chi connectivity index (χ1) is 17.8. The normalized spacial score (nSPS) is 23.2. The van der Waals surface area contributed by atoms with Crippen LogP contribution in [0.3, 0.4) is 0 Å². The number of anilines is 1. The Kier molecular flexibility index (Phi) is 6.50. The molecule has 2 aromatic heterocycles. The number of halogens is 1. The van der Waals surface area contributed by atoms with Crippen LogP contribution in [0.15, 0.2) is 67.0 Å². The average Bonchev–Trinajstić information content (AvgIpc) is 3.41. The topological polar surface area (TPSA) is 152 Å². The molecule has 0 spiro atoms. The van der Waals surface area contributed by atoms with Gasteiger partial charge in [0.25, 0.3) is 0 Å². The van der Waals surface area contributed by atoms with Crippen LogP contribution in [0.2, 0.25) is 5.15 Å². The summed E-state index contributed by atoms with van der Waals surface area (Å²) in [7, 11) is 0. The van der Waals surface area contributed by atoms with Crippen molar-refractivity contribution in [1.29, 1.82) is 0 Å². The van der Waals surface area contributed by atoms with Gasteiger partial charge in [0.2, 0.25) is 5.95 Å². The van der Waals surface area contributed by atoms with Crippen LogP contribution in [0.25, 0.3) is 11.2 Å². The summed E-state index contributed by atoms with van der Waals surface area (Å²) in [5, 5.41) is 11.7. The molecule has 37 heavy (non-hydrogen) atoms. The van der Waals surface area contributed by atoms with Crippen molar-refractivity contribution in [2.45, 2.75) is 31.0 Å². The number of esters is 2. The van der Waals surface area contributed by atoms with Crippen LogP contribution >= 0.6 is 11.6 Å². The van der Waals surface area contributed by atoms with Gasteiger partial charge in [-0.3, -0.25) is 4.57 Å². The second-order valence-corrected chi connectivity index (χ2v) is 8.96. The summed E-state index contributed by atoms with van der Waals surface area (Å²) in [6, 6.07) is 16.7. The van der Waals surface area contributed by atoms with E-state index in [-0.39, 0.29) is 34.4 Å². The quantitative estimate of drug-likeness (QED) is 0.285. The lowest BCUT2D eigenvalue weighted by molar-refractivity contribution is -0.0978. The van der Waals surface area contributed by atoms with E-state index >= 15 is 0 Å². The summed E-state index contributed by atoms with van der Waals surface area (Å²) in [5.74, 6) is -1.38. The molecule has 1 saturated heterocycles. The number of ether oxygens (including phenoxy) is 3. The highest BCUT2D eigenvalue weighted by Crippen LogP contribution is 2.42. The number of aromatic nitrogens is 4. The van der Waals surface area contributed by atoms with Gasteiger partial charge >= 0.3 is 11.9 Å². The molecule has 3 N–H and O–H groups in total. The van der Waals surface area contributed by atoms with Crippen LogP contribution in [0.1, 0.15) is 33.9 Å². The van der Waals surface area contributed by atoms with Crippen LogP contribution in [-0.4, -0.2) is 61.0 Å². The van der Waals surface area contributed by atoms with Gasteiger partial charge in [0.15, 0.2) is 23.1 Å². The second-order valence-electron chi connectivity index (χ2n) is 8.61. The van der Waals surface area contributed by atoms with E-state index in [0.29, 0.717) is 5.56 Å². The summed E-state index contributed by atoms with van der Waals surface area (Å²) >= 11 is 6.15. The highest BCUT2D eigenvalue weighted by atomic mass is 35.5. The fraction of sp³-hybridized carbons (Fsp3) is 0.240. The first-order valence-electron chi connectivity index (χ1n) is 11.3. The summed E-state index contributed by atoms with van der Waals surface area (Å²) in [6.07, 6.45) is -2.07. The summed E-state index contributed by atoms with van der Waals surface area (Å²) < 4.78 is 18.7.